The molecule has 5 saturated heterocycles. The number of sulfonamides is 1. The minimum Gasteiger partial charge on any atom is -0.489 e. The third-order valence-electron chi connectivity index (χ3n) is 17.3. The van der Waals surface area contributed by atoms with E-state index in [1.54, 1.807) is 6.07 Å². The quantitative estimate of drug-likeness (QED) is 0.0912. The number of rotatable bonds is 11. The highest BCUT2D eigenvalue weighted by atomic mass is 32.2. The Hall–Kier alpha value is -6.03. The van der Waals surface area contributed by atoms with E-state index in [1.165, 1.54) is 17.2 Å². The zero-order valence-electron chi connectivity index (χ0n) is 41.7. The van der Waals surface area contributed by atoms with Gasteiger partial charge in [-0.3, -0.25) is 24.7 Å². The van der Waals surface area contributed by atoms with Crippen LogP contribution >= 0.6 is 0 Å². The van der Waals surface area contributed by atoms with Crippen molar-refractivity contribution in [1.82, 2.24) is 24.5 Å². The van der Waals surface area contributed by atoms with Crippen LogP contribution in [0, 0.1) is 15.5 Å². The molecule has 3 N–H and O–H groups in total. The van der Waals surface area contributed by atoms with Gasteiger partial charge in [0, 0.05) is 80.8 Å². The lowest BCUT2D eigenvalue weighted by Crippen LogP contribution is -2.58. The minimum atomic E-state index is -4.70. The number of aromatic nitrogens is 2. The maximum Gasteiger partial charge on any atom is 0.297 e. The largest absolute Gasteiger partial charge is 0.489 e. The molecule has 2 bridgehead atoms. The number of carbonyl (C=O) groups is 1. The average molecular weight is 1030 g/mol. The second kappa shape index (κ2) is 18.7. The third-order valence-corrected chi connectivity index (χ3v) is 18.6. The normalized spacial score (nSPS) is 26.7. The van der Waals surface area contributed by atoms with Crippen molar-refractivity contribution in [2.75, 3.05) is 87.5 Å². The number of anilines is 4. The Morgan fingerprint density at radius 3 is 2.59 bits per heavy atom. The summed E-state index contributed by atoms with van der Waals surface area (Å²) in [5.41, 5.74) is 5.44. The van der Waals surface area contributed by atoms with E-state index in [0.29, 0.717) is 80.3 Å². The number of hydrogen-bond donors (Lipinski definition) is 3. The Labute approximate surface area is 430 Å². The Morgan fingerprint density at radius 2 is 1.80 bits per heavy atom. The zero-order chi connectivity index (χ0) is 50.5. The second-order valence-corrected chi connectivity index (χ2v) is 23.7. The first-order chi connectivity index (χ1) is 35.9. The van der Waals surface area contributed by atoms with Gasteiger partial charge < -0.3 is 43.8 Å². The van der Waals surface area contributed by atoms with E-state index >= 15 is 0 Å². The smallest absolute Gasteiger partial charge is 0.297 e. The minimum absolute atomic E-state index is 0.0251. The number of morpholine rings is 2. The number of nitro benzene ring substituents is 1. The Balaban J connectivity index is 0.784. The van der Waals surface area contributed by atoms with Gasteiger partial charge in [-0.25, -0.2) is 13.1 Å². The van der Waals surface area contributed by atoms with Crippen LogP contribution in [0.1, 0.15) is 85.8 Å². The molecule has 1 saturated carbocycles. The molecule has 6 atom stereocenters. The number of hydrogen-bond acceptors (Lipinski definition) is 16. The molecule has 7 aliphatic heterocycles. The van der Waals surface area contributed by atoms with Gasteiger partial charge in [0.1, 0.15) is 24.0 Å². The third kappa shape index (κ3) is 8.50. The molecule has 1 amide bonds. The van der Waals surface area contributed by atoms with Gasteiger partial charge in [-0.2, -0.15) is 4.98 Å². The molecule has 9 heterocycles. The van der Waals surface area contributed by atoms with Gasteiger partial charge in [0.05, 0.1) is 71.7 Å². The number of benzene rings is 3. The van der Waals surface area contributed by atoms with Crippen molar-refractivity contribution < 1.29 is 41.8 Å². The molecule has 6 fully saturated rings. The van der Waals surface area contributed by atoms with Gasteiger partial charge in [-0.15, -0.1) is 0 Å². The zero-order valence-corrected chi connectivity index (χ0v) is 42.6. The first-order valence-electron chi connectivity index (χ1n) is 26.3. The predicted molar refractivity (Wildman–Crippen MR) is 276 cm³/mol. The molecule has 3 aromatic carbocycles. The monoisotopic (exact) mass is 1030 g/mol. The number of nitrogens with zero attached hydrogens (tertiary/aromatic N) is 6. The molecule has 8 aliphatic rings. The van der Waals surface area contributed by atoms with Crippen LogP contribution in [0.4, 0.5) is 28.4 Å². The van der Waals surface area contributed by atoms with E-state index in [0.717, 1.165) is 82.0 Å². The summed E-state index contributed by atoms with van der Waals surface area (Å²) in [5, 5.41) is 16.7. The highest BCUT2D eigenvalue weighted by molar-refractivity contribution is 7.90. The number of nitrogens with one attached hydrogen (secondary N) is 3. The summed E-state index contributed by atoms with van der Waals surface area (Å²) < 4.78 is 61.5. The molecule has 20 heteroatoms. The fourth-order valence-corrected chi connectivity index (χ4v) is 14.4. The number of pyridine rings is 1. The highest BCUT2D eigenvalue weighted by Crippen LogP contribution is 2.54. The van der Waals surface area contributed by atoms with Crippen molar-refractivity contribution in [1.29, 1.82) is 0 Å². The molecule has 0 unspecified atom stereocenters. The van der Waals surface area contributed by atoms with Crippen molar-refractivity contribution in [3.63, 3.8) is 0 Å². The molecule has 0 radical (unpaired) electrons. The Kier molecular flexibility index (Phi) is 12.0. The van der Waals surface area contributed by atoms with Gasteiger partial charge in [-0.1, -0.05) is 38.1 Å². The summed E-state index contributed by atoms with van der Waals surface area (Å²) in [5.74, 6) is -0.0730. The topological polar surface area (TPSA) is 206 Å². The summed E-state index contributed by atoms with van der Waals surface area (Å²) in [4.78, 5) is 43.9. The van der Waals surface area contributed by atoms with E-state index < -0.39 is 37.5 Å². The molecule has 5 aromatic rings. The van der Waals surface area contributed by atoms with Crippen LogP contribution in [-0.4, -0.2) is 148 Å². The average Bonchev–Trinajstić information content (AvgIpc) is 4.17. The van der Waals surface area contributed by atoms with Crippen LogP contribution in [0.15, 0.2) is 77.8 Å². The van der Waals surface area contributed by atoms with Crippen LogP contribution in [0.2, 0.25) is 0 Å². The summed E-state index contributed by atoms with van der Waals surface area (Å²) in [6.07, 6.45) is 7.42. The molecule has 1 aliphatic carbocycles. The van der Waals surface area contributed by atoms with Crippen molar-refractivity contribution in [2.24, 2.45) is 5.41 Å². The van der Waals surface area contributed by atoms with Gasteiger partial charge in [-0.05, 0) is 91.3 Å². The van der Waals surface area contributed by atoms with E-state index in [2.05, 4.69) is 72.7 Å². The molecule has 2 aromatic heterocycles. The van der Waals surface area contributed by atoms with Crippen LogP contribution in [-0.2, 0) is 24.2 Å². The Morgan fingerprint density at radius 1 is 0.959 bits per heavy atom. The lowest BCUT2D eigenvalue weighted by atomic mass is 9.59. The number of H-pyrrole nitrogens is 1. The van der Waals surface area contributed by atoms with Crippen LogP contribution in [0.5, 0.6) is 11.6 Å². The summed E-state index contributed by atoms with van der Waals surface area (Å²) in [6, 6.07) is 21.0. The van der Waals surface area contributed by atoms with E-state index in [4.69, 9.17) is 28.7 Å². The van der Waals surface area contributed by atoms with E-state index in [-0.39, 0.29) is 53.3 Å². The highest BCUT2D eigenvalue weighted by Gasteiger charge is 2.50. The number of amides is 1. The molecular weight excluding hydrogens is 967 g/mol. The van der Waals surface area contributed by atoms with Gasteiger partial charge >= 0.3 is 0 Å². The first kappa shape index (κ1) is 47.7. The number of fused-ring (bicyclic) bond motifs is 6. The van der Waals surface area contributed by atoms with Crippen molar-refractivity contribution in [3.05, 3.63) is 99.7 Å². The standard InChI is InChI=1S/C54H63N9O10S/c1-32(2)40-5-3-4-6-41(40)47-30-70-18-16-61(47)37-24-54(25-37)11-14-59(15-12-54)35-7-8-42(44(21-35)62-43-10-17-69-31-49(43)73-53-46(62)19-33-9-13-55-51(33)57-53)52(64)58-74(67,68)39-22-45(63(65)66)50-48(23-39)72-28-34(56-50)26-60-27-38-20-36(60)29-71-38/h3-9,13,19,21-23,32,34,36-38,43,47,49,56H,10-12,14-18,20,24-31H2,1-2H3,(H,55,57)(H,58,64)/t34-,36+,38+,43+,47+,49+/m1/s1. The van der Waals surface area contributed by atoms with Crippen molar-refractivity contribution in [2.45, 2.75) is 106 Å². The van der Waals surface area contributed by atoms with E-state index in [1.807, 2.05) is 30.5 Å². The van der Waals surface area contributed by atoms with Crippen molar-refractivity contribution in [3.8, 4) is 11.6 Å². The van der Waals surface area contributed by atoms with Crippen LogP contribution < -0.4 is 29.3 Å². The molecule has 390 valence electrons. The lowest BCUT2D eigenvalue weighted by Gasteiger charge is -2.57. The van der Waals surface area contributed by atoms with Crippen LogP contribution in [0.25, 0.3) is 11.0 Å². The fraction of sp³-hybridized carbons (Fsp3) is 0.519. The number of likely N-dealkylation sites (tertiary alicyclic amines) is 1. The number of ether oxygens (including phenoxy) is 5. The molecular formula is C54H63N9O10S. The number of piperidine rings is 1. The first-order valence-corrected chi connectivity index (χ1v) is 27.8. The molecule has 19 nitrogen and oxygen atoms in total. The summed E-state index contributed by atoms with van der Waals surface area (Å²) in [6.45, 7) is 11.5. The number of nitro groups is 1. The van der Waals surface area contributed by atoms with Gasteiger partial charge in [0.25, 0.3) is 21.6 Å². The molecule has 74 heavy (non-hydrogen) atoms. The van der Waals surface area contributed by atoms with Gasteiger partial charge in [0.2, 0.25) is 5.88 Å². The summed E-state index contributed by atoms with van der Waals surface area (Å²) >= 11 is 0. The fourth-order valence-electron chi connectivity index (χ4n) is 13.4. The maximum atomic E-state index is 14.8. The second-order valence-electron chi connectivity index (χ2n) is 22.0. The van der Waals surface area contributed by atoms with Gasteiger partial charge in [0.15, 0.2) is 11.4 Å². The SMILES string of the molecule is CC(C)c1ccccc1[C@@H]1COCCN1C1CC2(CCN(c3ccc(C(=O)NS(=O)(=O)c4cc5c(c([N+](=O)[O-])c4)N[C@H](CN4C[C@@H]6C[C@H]4CO6)CO5)c(N4c5cc6cc[nH]c6nc5O[C@H]5COCC[C@@H]54)c3)CC2)C1. The number of carbonyl (C=O) groups excluding carboxylic acids is 1. The van der Waals surface area contributed by atoms with E-state index in [9.17, 15) is 23.3 Å². The predicted octanol–water partition coefficient (Wildman–Crippen LogP) is 6.87. The molecule has 13 rings (SSSR count). The lowest BCUT2D eigenvalue weighted by molar-refractivity contribution is -0.384. The number of aromatic amines is 1. The maximum absolute atomic E-state index is 14.8. The Bertz CT molecular complexity index is 3120. The van der Waals surface area contributed by atoms with Crippen molar-refractivity contribution >= 4 is 55.4 Å². The van der Waals surface area contributed by atoms with Crippen LogP contribution in [0.3, 0.4) is 0 Å². The molecule has 1 spiro atoms. The summed E-state index contributed by atoms with van der Waals surface area (Å²) in [7, 11) is -4.70.